The second kappa shape index (κ2) is 16.2. The molecule has 0 aromatic heterocycles. The Morgan fingerprint density at radius 1 is 0.692 bits per heavy atom. The largest absolute Gasteiger partial charge is 0 e. The van der Waals surface area contributed by atoms with Gasteiger partial charge in [0.05, 0.1) is 0 Å². The summed E-state index contributed by atoms with van der Waals surface area (Å²) in [4.78, 5) is 0. The van der Waals surface area contributed by atoms with Crippen LogP contribution in [0, 0.1) is 64.2 Å². The van der Waals surface area contributed by atoms with E-state index in [0.717, 1.165) is 0 Å². The van der Waals surface area contributed by atoms with Crippen LogP contribution in [-0.2, 0) is 42.0 Å². The minimum atomic E-state index is 0. The minimum Gasteiger partial charge on any atom is 0 e. The Labute approximate surface area is 113 Å². The first kappa shape index (κ1) is 17.1. The van der Waals surface area contributed by atoms with Crippen molar-refractivity contribution in [1.82, 2.24) is 0 Å². The maximum atomic E-state index is 4.83. The van der Waals surface area contributed by atoms with E-state index >= 15 is 0 Å². The van der Waals surface area contributed by atoms with Crippen LogP contribution in [0.25, 0.3) is 0 Å². The molecule has 66 valence electrons. The number of rotatable bonds is 0. The van der Waals surface area contributed by atoms with Crippen molar-refractivity contribution in [1.29, 1.82) is 0 Å². The molecule has 0 spiro atoms. The van der Waals surface area contributed by atoms with Crippen molar-refractivity contribution in [3.8, 4) is 0 Å². The number of hydrogen-bond donors (Lipinski definition) is 0. The monoisotopic (exact) mass is 422 g/mol. The molecule has 0 aliphatic heterocycles. The Bertz CT molecular complexity index is 48.1. The number of halogens is 1. The van der Waals surface area contributed by atoms with Crippen LogP contribution in [0.15, 0.2) is 0 Å². The Hall–Kier alpha value is 1.74. The Morgan fingerprint density at radius 2 is 1.00 bits per heavy atom. The van der Waals surface area contributed by atoms with E-state index in [-0.39, 0.29) is 17.1 Å². The summed E-state index contributed by atoms with van der Waals surface area (Å²) in [6, 6.07) is 0. The van der Waals surface area contributed by atoms with E-state index in [0.29, 0.717) is 24.9 Å². The summed E-state index contributed by atoms with van der Waals surface area (Å²) in [6.45, 7) is 0. The predicted octanol–water partition coefficient (Wildman–Crippen LogP) is 2.60. The van der Waals surface area contributed by atoms with Crippen LogP contribution in [0.4, 0.5) is 0 Å². The molecular formula is C10H9ClFeHg. The van der Waals surface area contributed by atoms with Crippen molar-refractivity contribution in [3.63, 3.8) is 0 Å². The third-order valence-electron chi connectivity index (χ3n) is 1.05. The van der Waals surface area contributed by atoms with Gasteiger partial charge in [0.1, 0.15) is 0 Å². The molecule has 0 heterocycles. The van der Waals surface area contributed by atoms with Gasteiger partial charge >= 0.3 is 33.1 Å². The first-order valence-corrected chi connectivity index (χ1v) is 10.3. The second-order valence-corrected chi connectivity index (χ2v) is 1.85. The molecule has 0 amide bonds. The summed E-state index contributed by atoms with van der Waals surface area (Å²) >= 11 is 0.500. The minimum absolute atomic E-state index is 0. The molecule has 3 heteroatoms. The predicted molar refractivity (Wildman–Crippen MR) is 47.8 cm³/mol. The van der Waals surface area contributed by atoms with E-state index in [1.165, 1.54) is 0 Å². The SMILES string of the molecule is [C-]1[CH][CH][CH][CH]1.[CH]1[CH][CH][CH][CH]1.[Cl][Hg+].[Fe]. The van der Waals surface area contributed by atoms with Crippen LogP contribution >= 0.6 is 8.25 Å². The van der Waals surface area contributed by atoms with E-state index in [2.05, 4.69) is 6.42 Å². The van der Waals surface area contributed by atoms with Gasteiger partial charge in [-0.25, -0.2) is 12.8 Å². The van der Waals surface area contributed by atoms with Gasteiger partial charge in [-0.3, -0.25) is 0 Å². The molecule has 13 heavy (non-hydrogen) atoms. The van der Waals surface area contributed by atoms with Crippen molar-refractivity contribution in [2.45, 2.75) is 0 Å². The van der Waals surface area contributed by atoms with Crippen LogP contribution in [0.2, 0.25) is 0 Å². The van der Waals surface area contributed by atoms with E-state index in [4.69, 9.17) is 8.25 Å². The molecule has 0 atom stereocenters. The molecular weight excluding hydrogens is 412 g/mol. The van der Waals surface area contributed by atoms with E-state index < -0.39 is 0 Å². The number of hydrogen-bond acceptors (Lipinski definition) is 0. The van der Waals surface area contributed by atoms with Crippen LogP contribution in [0.5, 0.6) is 0 Å². The average Bonchev–Trinajstić information content (AvgIpc) is 2.87. The van der Waals surface area contributed by atoms with E-state index in [9.17, 15) is 0 Å². The van der Waals surface area contributed by atoms with Gasteiger partial charge in [-0.1, -0.05) is 12.8 Å². The van der Waals surface area contributed by atoms with Crippen molar-refractivity contribution < 1.29 is 42.0 Å². The fraction of sp³-hybridized carbons (Fsp3) is 0. The van der Waals surface area contributed by atoms with Crippen LogP contribution < -0.4 is 0 Å². The summed E-state index contributed by atoms with van der Waals surface area (Å²) in [6.07, 6.45) is 20.5. The average molecular weight is 421 g/mol. The zero-order valence-corrected chi connectivity index (χ0v) is 14.5. The third kappa shape index (κ3) is 13.7. The normalized spacial score (nSPS) is 19.0. The summed E-state index contributed by atoms with van der Waals surface area (Å²) in [7, 11) is 4.83. The molecule has 10 radical (unpaired) electrons. The van der Waals surface area contributed by atoms with Crippen LogP contribution in [0.1, 0.15) is 0 Å². The topological polar surface area (TPSA) is 0 Å². The zero-order chi connectivity index (χ0) is 9.07. The fourth-order valence-electron chi connectivity index (χ4n) is 0.599. The van der Waals surface area contributed by atoms with Crippen molar-refractivity contribution in [2.24, 2.45) is 0 Å². The molecule has 2 rings (SSSR count). The van der Waals surface area contributed by atoms with Crippen LogP contribution in [-0.4, -0.2) is 0 Å². The molecule has 2 aliphatic carbocycles. The first-order chi connectivity index (χ1) is 6.00. The quantitative estimate of drug-likeness (QED) is 0.417. The Kier molecular flexibility index (Phi) is 21.4. The third-order valence-corrected chi connectivity index (χ3v) is 1.05. The molecule has 0 unspecified atom stereocenters. The molecule has 0 aromatic rings. The summed E-state index contributed by atoms with van der Waals surface area (Å²) in [5, 5.41) is 0. The molecule has 0 aromatic carbocycles. The summed E-state index contributed by atoms with van der Waals surface area (Å²) < 4.78 is 0. The maximum absolute atomic E-state index is 4.83. The Morgan fingerprint density at radius 3 is 1.15 bits per heavy atom. The zero-order valence-electron chi connectivity index (χ0n) is 7.13. The van der Waals surface area contributed by atoms with Gasteiger partial charge in [0.25, 0.3) is 0 Å². The fourth-order valence-corrected chi connectivity index (χ4v) is 0.599. The maximum Gasteiger partial charge on any atom is 0 e. The summed E-state index contributed by atoms with van der Waals surface area (Å²) in [5.74, 6) is 0. The first-order valence-electron chi connectivity index (χ1n) is 3.51. The smallest absolute Gasteiger partial charge is 0 e. The molecule has 2 saturated carbocycles. The molecule has 0 N–H and O–H groups in total. The molecule has 0 saturated heterocycles. The molecule has 2 aliphatic rings. The van der Waals surface area contributed by atoms with Gasteiger partial charge in [0.15, 0.2) is 0 Å². The van der Waals surface area contributed by atoms with Crippen LogP contribution in [0.3, 0.4) is 0 Å². The van der Waals surface area contributed by atoms with E-state index in [1.807, 2.05) is 57.8 Å². The van der Waals surface area contributed by atoms with E-state index in [1.54, 1.807) is 0 Å². The van der Waals surface area contributed by atoms with Crippen molar-refractivity contribution in [3.05, 3.63) is 64.2 Å². The van der Waals surface area contributed by atoms with Gasteiger partial charge < -0.3 is 6.42 Å². The van der Waals surface area contributed by atoms with Gasteiger partial charge in [-0.2, -0.15) is 0 Å². The van der Waals surface area contributed by atoms with Crippen molar-refractivity contribution in [2.75, 3.05) is 0 Å². The van der Waals surface area contributed by atoms with Gasteiger partial charge in [0, 0.05) is 17.1 Å². The molecule has 2 fully saturated rings. The van der Waals surface area contributed by atoms with Gasteiger partial charge in [-0.05, 0) is 32.1 Å². The van der Waals surface area contributed by atoms with Gasteiger partial charge in [0.2, 0.25) is 0 Å². The summed E-state index contributed by atoms with van der Waals surface area (Å²) in [5.41, 5.74) is 0. The second-order valence-electron chi connectivity index (χ2n) is 1.85. The van der Waals surface area contributed by atoms with Crippen molar-refractivity contribution >= 4 is 8.25 Å². The molecule has 0 nitrogen and oxygen atoms in total. The van der Waals surface area contributed by atoms with Gasteiger partial charge in [-0.15, -0.1) is 0 Å². The Balaban J connectivity index is 0. The standard InChI is InChI=1S/C5H5.C5H4.ClH.Fe.Hg/c2*1-2-4-5-3-1;;;/h1-5H;1-4H;1H;;/q;-1;;;+2/p-1. The molecule has 0 bridgehead atoms.